The lowest BCUT2D eigenvalue weighted by atomic mass is 10.00. The predicted molar refractivity (Wildman–Crippen MR) is 85.2 cm³/mol. The number of ether oxygens (including phenoxy) is 1. The third kappa shape index (κ3) is 4.03. The van der Waals surface area contributed by atoms with Crippen LogP contribution in [0.25, 0.3) is 0 Å². The van der Waals surface area contributed by atoms with Crippen LogP contribution in [0.4, 0.5) is 0 Å². The van der Waals surface area contributed by atoms with Gasteiger partial charge in [0.15, 0.2) is 0 Å². The molecule has 2 nitrogen and oxygen atoms in total. The van der Waals surface area contributed by atoms with Crippen molar-refractivity contribution in [2.75, 3.05) is 13.7 Å². The maximum Gasteiger partial charge on any atom is 0.104 e. The summed E-state index contributed by atoms with van der Waals surface area (Å²) in [6, 6.07) is 16.0. The van der Waals surface area contributed by atoms with Crippen LogP contribution in [0.2, 0.25) is 0 Å². The molecule has 0 saturated carbocycles. The van der Waals surface area contributed by atoms with E-state index in [-0.39, 0.29) is 0 Å². The molecule has 100 valence electrons. The molecule has 0 aliphatic carbocycles. The van der Waals surface area contributed by atoms with Crippen molar-refractivity contribution in [3.63, 3.8) is 0 Å². The molecule has 0 amide bonds. The Bertz CT molecular complexity index is 505. The highest BCUT2D eigenvalue weighted by Crippen LogP contribution is 2.23. The first-order chi connectivity index (χ1) is 9.20. The van der Waals surface area contributed by atoms with Crippen molar-refractivity contribution in [3.8, 4) is 0 Å². The molecule has 19 heavy (non-hydrogen) atoms. The molecule has 2 rings (SSSR count). The maximum atomic E-state index is 10.3. The summed E-state index contributed by atoms with van der Waals surface area (Å²) < 4.78 is 6.22. The first-order valence-corrected chi connectivity index (χ1v) is 7.30. The summed E-state index contributed by atoms with van der Waals surface area (Å²) in [7, 11) is 1.70. The highest BCUT2D eigenvalue weighted by atomic mass is 127. The van der Waals surface area contributed by atoms with Gasteiger partial charge in [-0.2, -0.15) is 0 Å². The van der Waals surface area contributed by atoms with E-state index in [0.29, 0.717) is 0 Å². The molecule has 0 heterocycles. The molecule has 0 radical (unpaired) electrons. The zero-order valence-electron chi connectivity index (χ0n) is 10.8. The summed E-state index contributed by atoms with van der Waals surface area (Å²) in [4.78, 5) is 0. The highest BCUT2D eigenvalue weighted by molar-refractivity contribution is 14.1. The molecule has 0 aromatic heterocycles. The second kappa shape index (κ2) is 7.03. The number of halogens is 1. The van der Waals surface area contributed by atoms with Gasteiger partial charge in [-0.05, 0) is 57.8 Å². The van der Waals surface area contributed by atoms with E-state index in [4.69, 9.17) is 4.74 Å². The molecule has 1 atom stereocenters. The Hall–Kier alpha value is -0.910. The number of benzene rings is 2. The van der Waals surface area contributed by atoms with E-state index in [1.54, 1.807) is 7.11 Å². The molecular formula is C16H17IO2. The molecule has 3 heteroatoms. The number of hydrogen-bond donors (Lipinski definition) is 1. The number of aliphatic hydroxyl groups excluding tert-OH is 1. The summed E-state index contributed by atoms with van der Waals surface area (Å²) in [6.45, 7) is 0.721. The van der Waals surface area contributed by atoms with Crippen molar-refractivity contribution in [2.45, 2.75) is 12.5 Å². The third-order valence-electron chi connectivity index (χ3n) is 3.08. The van der Waals surface area contributed by atoms with Crippen molar-refractivity contribution in [1.82, 2.24) is 0 Å². The van der Waals surface area contributed by atoms with E-state index in [1.807, 2.05) is 48.5 Å². The first-order valence-electron chi connectivity index (χ1n) is 6.22. The summed E-state index contributed by atoms with van der Waals surface area (Å²) in [5, 5.41) is 10.3. The van der Waals surface area contributed by atoms with E-state index in [2.05, 4.69) is 22.6 Å². The first kappa shape index (κ1) is 14.5. The topological polar surface area (TPSA) is 29.5 Å². The monoisotopic (exact) mass is 368 g/mol. The molecule has 1 N–H and O–H groups in total. The fraction of sp³-hybridized carbons (Fsp3) is 0.250. The normalized spacial score (nSPS) is 12.4. The Kier molecular flexibility index (Phi) is 5.36. The second-order valence-corrected chi connectivity index (χ2v) is 5.68. The lowest BCUT2D eigenvalue weighted by Crippen LogP contribution is -2.00. The SMILES string of the molecule is COCCc1ccc(C(O)c2ccc(I)cc2)cc1. The van der Waals surface area contributed by atoms with Crippen LogP contribution < -0.4 is 0 Å². The molecular weight excluding hydrogens is 351 g/mol. The van der Waals surface area contributed by atoms with E-state index in [0.717, 1.165) is 24.2 Å². The van der Waals surface area contributed by atoms with Crippen LogP contribution in [-0.2, 0) is 11.2 Å². The van der Waals surface area contributed by atoms with Gasteiger partial charge in [-0.1, -0.05) is 36.4 Å². The average Bonchev–Trinajstić information content (AvgIpc) is 2.46. The fourth-order valence-corrected chi connectivity index (χ4v) is 2.28. The minimum absolute atomic E-state index is 0.562. The summed E-state index contributed by atoms with van der Waals surface area (Å²) >= 11 is 2.26. The van der Waals surface area contributed by atoms with Crippen molar-refractivity contribution in [2.24, 2.45) is 0 Å². The van der Waals surface area contributed by atoms with Gasteiger partial charge in [-0.15, -0.1) is 0 Å². The van der Waals surface area contributed by atoms with Gasteiger partial charge in [0.25, 0.3) is 0 Å². The highest BCUT2D eigenvalue weighted by Gasteiger charge is 2.09. The van der Waals surface area contributed by atoms with Gasteiger partial charge in [-0.3, -0.25) is 0 Å². The quantitative estimate of drug-likeness (QED) is 0.818. The molecule has 0 aliphatic heterocycles. The van der Waals surface area contributed by atoms with Gasteiger partial charge in [0, 0.05) is 10.7 Å². The summed E-state index contributed by atoms with van der Waals surface area (Å²) in [5.41, 5.74) is 3.06. The maximum absolute atomic E-state index is 10.3. The van der Waals surface area contributed by atoms with Crippen molar-refractivity contribution in [3.05, 3.63) is 68.8 Å². The van der Waals surface area contributed by atoms with Crippen LogP contribution in [0.3, 0.4) is 0 Å². The van der Waals surface area contributed by atoms with Crippen LogP contribution in [-0.4, -0.2) is 18.8 Å². The average molecular weight is 368 g/mol. The van der Waals surface area contributed by atoms with Crippen LogP contribution in [0, 0.1) is 3.57 Å². The third-order valence-corrected chi connectivity index (χ3v) is 3.80. The number of methoxy groups -OCH3 is 1. The molecule has 0 bridgehead atoms. The Morgan fingerprint density at radius 3 is 2.05 bits per heavy atom. The van der Waals surface area contributed by atoms with Gasteiger partial charge in [0.1, 0.15) is 6.10 Å². The number of rotatable bonds is 5. The van der Waals surface area contributed by atoms with Crippen LogP contribution in [0.1, 0.15) is 22.8 Å². The lowest BCUT2D eigenvalue weighted by molar-refractivity contribution is 0.202. The number of hydrogen-bond acceptors (Lipinski definition) is 2. The second-order valence-electron chi connectivity index (χ2n) is 4.44. The van der Waals surface area contributed by atoms with Crippen LogP contribution >= 0.6 is 22.6 Å². The standard InChI is InChI=1S/C16H17IO2/c1-19-11-10-12-2-4-13(5-3-12)16(18)14-6-8-15(17)9-7-14/h2-9,16,18H,10-11H2,1H3. The van der Waals surface area contributed by atoms with Gasteiger partial charge in [0.2, 0.25) is 0 Å². The Morgan fingerprint density at radius 1 is 1.00 bits per heavy atom. The molecule has 1 unspecified atom stereocenters. The van der Waals surface area contributed by atoms with Crippen molar-refractivity contribution in [1.29, 1.82) is 0 Å². The fourth-order valence-electron chi connectivity index (χ4n) is 1.92. The zero-order chi connectivity index (χ0) is 13.7. The largest absolute Gasteiger partial charge is 0.384 e. The Balaban J connectivity index is 2.10. The Morgan fingerprint density at radius 2 is 1.53 bits per heavy atom. The molecule has 2 aromatic carbocycles. The van der Waals surface area contributed by atoms with Gasteiger partial charge >= 0.3 is 0 Å². The van der Waals surface area contributed by atoms with Crippen LogP contribution in [0.15, 0.2) is 48.5 Å². The molecule has 2 aromatic rings. The van der Waals surface area contributed by atoms with E-state index in [9.17, 15) is 5.11 Å². The van der Waals surface area contributed by atoms with Crippen LogP contribution in [0.5, 0.6) is 0 Å². The van der Waals surface area contributed by atoms with Gasteiger partial charge in [-0.25, -0.2) is 0 Å². The predicted octanol–water partition coefficient (Wildman–Crippen LogP) is 3.56. The van der Waals surface area contributed by atoms with Crippen molar-refractivity contribution >= 4 is 22.6 Å². The minimum atomic E-state index is -0.562. The van der Waals surface area contributed by atoms with Crippen molar-refractivity contribution < 1.29 is 9.84 Å². The zero-order valence-corrected chi connectivity index (χ0v) is 13.0. The molecule has 0 fully saturated rings. The Labute approximate surface area is 127 Å². The summed E-state index contributed by atoms with van der Waals surface area (Å²) in [6.07, 6.45) is 0.338. The molecule has 0 aliphatic rings. The molecule has 0 spiro atoms. The number of aliphatic hydroxyl groups is 1. The summed E-state index contributed by atoms with van der Waals surface area (Å²) in [5.74, 6) is 0. The minimum Gasteiger partial charge on any atom is -0.384 e. The smallest absolute Gasteiger partial charge is 0.104 e. The molecule has 0 saturated heterocycles. The van der Waals surface area contributed by atoms with Gasteiger partial charge < -0.3 is 9.84 Å². The van der Waals surface area contributed by atoms with E-state index < -0.39 is 6.10 Å². The van der Waals surface area contributed by atoms with E-state index in [1.165, 1.54) is 9.13 Å². The van der Waals surface area contributed by atoms with Gasteiger partial charge in [0.05, 0.1) is 6.61 Å². The lowest BCUT2D eigenvalue weighted by Gasteiger charge is -2.12. The van der Waals surface area contributed by atoms with E-state index >= 15 is 0 Å².